The summed E-state index contributed by atoms with van der Waals surface area (Å²) >= 11 is 0. The first-order chi connectivity index (χ1) is 13.6. The van der Waals surface area contributed by atoms with Crippen LogP contribution < -0.4 is 10.2 Å². The summed E-state index contributed by atoms with van der Waals surface area (Å²) in [5.74, 6) is 0.360. The van der Waals surface area contributed by atoms with Crippen molar-refractivity contribution in [2.75, 3.05) is 18.5 Å². The highest BCUT2D eigenvalue weighted by atomic mass is 32.2. The number of nitrogens with one attached hydrogen (secondary N) is 1. The van der Waals surface area contributed by atoms with Gasteiger partial charge in [-0.2, -0.15) is 4.31 Å². The van der Waals surface area contributed by atoms with E-state index in [2.05, 4.69) is 12.2 Å². The number of hydrogen-bond acceptors (Lipinski definition) is 4. The molecule has 1 N–H and O–H groups in total. The van der Waals surface area contributed by atoms with Crippen molar-refractivity contribution in [1.82, 2.24) is 9.62 Å². The number of amides is 2. The molecule has 1 aromatic carbocycles. The predicted molar refractivity (Wildman–Crippen MR) is 112 cm³/mol. The van der Waals surface area contributed by atoms with Crippen molar-refractivity contribution in [2.24, 2.45) is 5.92 Å². The van der Waals surface area contributed by atoms with Crippen molar-refractivity contribution in [3.63, 3.8) is 0 Å². The van der Waals surface area contributed by atoms with E-state index >= 15 is 0 Å². The van der Waals surface area contributed by atoms with Gasteiger partial charge in [0, 0.05) is 31.7 Å². The second-order valence-electron chi connectivity index (χ2n) is 8.52. The van der Waals surface area contributed by atoms with Crippen LogP contribution in [-0.2, 0) is 26.0 Å². The van der Waals surface area contributed by atoms with Crippen LogP contribution in [-0.4, -0.2) is 50.2 Å². The van der Waals surface area contributed by atoms with E-state index in [4.69, 9.17) is 0 Å². The zero-order chi connectivity index (χ0) is 21.3. The Balaban J connectivity index is 1.68. The van der Waals surface area contributed by atoms with E-state index in [1.807, 2.05) is 6.92 Å². The Hall–Kier alpha value is -1.93. The standard InChI is InChI=1S/C21H31N3O4S/c1-14-5-7-18(8-6-14)22-21(26)13-23(4)29(27,28)19-9-10-20-17(12-19)11-15(2)24(20)16(3)25/h9-10,12,14-15,18H,5-8,11,13H2,1-4H3,(H,22,26)/t14?,15-,18?/m1/s1. The lowest BCUT2D eigenvalue weighted by Crippen LogP contribution is -2.43. The van der Waals surface area contributed by atoms with E-state index in [-0.39, 0.29) is 35.3 Å². The number of fused-ring (bicyclic) bond motifs is 1. The average Bonchev–Trinajstić information content (AvgIpc) is 2.98. The van der Waals surface area contributed by atoms with E-state index in [0.29, 0.717) is 12.3 Å². The van der Waals surface area contributed by atoms with Gasteiger partial charge in [-0.15, -0.1) is 0 Å². The number of anilines is 1. The molecule has 1 fully saturated rings. The Morgan fingerprint density at radius 1 is 1.17 bits per heavy atom. The molecule has 7 nitrogen and oxygen atoms in total. The molecule has 160 valence electrons. The minimum atomic E-state index is -3.79. The molecule has 8 heteroatoms. The predicted octanol–water partition coefficient (Wildman–Crippen LogP) is 2.30. The molecule has 0 aromatic heterocycles. The summed E-state index contributed by atoms with van der Waals surface area (Å²) in [5, 5.41) is 2.97. The van der Waals surface area contributed by atoms with E-state index < -0.39 is 10.0 Å². The van der Waals surface area contributed by atoms with Crippen molar-refractivity contribution in [3.05, 3.63) is 23.8 Å². The largest absolute Gasteiger partial charge is 0.352 e. The highest BCUT2D eigenvalue weighted by molar-refractivity contribution is 7.89. The quantitative estimate of drug-likeness (QED) is 0.790. The maximum atomic E-state index is 13.0. The minimum Gasteiger partial charge on any atom is -0.352 e. The third-order valence-corrected chi connectivity index (χ3v) is 7.86. The fraction of sp³-hybridized carbons (Fsp3) is 0.619. The Morgan fingerprint density at radius 2 is 1.83 bits per heavy atom. The van der Waals surface area contributed by atoms with Gasteiger partial charge in [-0.25, -0.2) is 8.42 Å². The summed E-state index contributed by atoms with van der Waals surface area (Å²) in [5.41, 5.74) is 1.60. The second kappa shape index (κ2) is 8.44. The molecule has 0 bridgehead atoms. The van der Waals surface area contributed by atoms with E-state index in [9.17, 15) is 18.0 Å². The minimum absolute atomic E-state index is 0.00201. The lowest BCUT2D eigenvalue weighted by atomic mass is 9.87. The molecule has 0 saturated heterocycles. The Morgan fingerprint density at radius 3 is 2.45 bits per heavy atom. The molecular weight excluding hydrogens is 390 g/mol. The first-order valence-electron chi connectivity index (χ1n) is 10.3. The van der Waals surface area contributed by atoms with Crippen molar-refractivity contribution in [1.29, 1.82) is 0 Å². The molecule has 1 aliphatic heterocycles. The number of carbonyl (C=O) groups excluding carboxylic acids is 2. The summed E-state index contributed by atoms with van der Waals surface area (Å²) in [6, 6.07) is 4.96. The van der Waals surface area contributed by atoms with Gasteiger partial charge in [0.1, 0.15) is 0 Å². The molecule has 3 rings (SSSR count). The highest BCUT2D eigenvalue weighted by Gasteiger charge is 2.31. The average molecular weight is 422 g/mol. The SMILES string of the molecule is CC(=O)N1c2ccc(S(=O)(=O)N(C)CC(=O)NC3CCC(C)CC3)cc2C[C@H]1C. The lowest BCUT2D eigenvalue weighted by Gasteiger charge is -2.27. The molecule has 2 aliphatic rings. The topological polar surface area (TPSA) is 86.8 Å². The first-order valence-corrected chi connectivity index (χ1v) is 11.7. The zero-order valence-corrected chi connectivity index (χ0v) is 18.5. The smallest absolute Gasteiger partial charge is 0.243 e. The van der Waals surface area contributed by atoms with Gasteiger partial charge in [0.15, 0.2) is 0 Å². The molecule has 1 atom stereocenters. The number of nitrogens with zero attached hydrogens (tertiary/aromatic N) is 2. The molecule has 1 aliphatic carbocycles. The van der Waals surface area contributed by atoms with Gasteiger partial charge >= 0.3 is 0 Å². The Kier molecular flexibility index (Phi) is 6.33. The van der Waals surface area contributed by atoms with E-state index in [1.165, 1.54) is 20.0 Å². The molecule has 0 unspecified atom stereocenters. The van der Waals surface area contributed by atoms with Gasteiger partial charge in [0.25, 0.3) is 0 Å². The van der Waals surface area contributed by atoms with E-state index in [0.717, 1.165) is 41.2 Å². The van der Waals surface area contributed by atoms with Crippen LogP contribution in [0.15, 0.2) is 23.1 Å². The van der Waals surface area contributed by atoms with Crippen LogP contribution in [0, 0.1) is 5.92 Å². The third-order valence-electron chi connectivity index (χ3n) is 6.06. The van der Waals surface area contributed by atoms with Crippen molar-refractivity contribution in [2.45, 2.75) is 69.9 Å². The summed E-state index contributed by atoms with van der Waals surface area (Å²) in [6.07, 6.45) is 4.68. The summed E-state index contributed by atoms with van der Waals surface area (Å²) in [7, 11) is -2.37. The number of likely N-dealkylation sites (N-methyl/N-ethyl adjacent to an activating group) is 1. The fourth-order valence-corrected chi connectivity index (χ4v) is 5.57. The van der Waals surface area contributed by atoms with Crippen LogP contribution in [0.4, 0.5) is 5.69 Å². The van der Waals surface area contributed by atoms with Crippen LogP contribution in [0.1, 0.15) is 52.0 Å². The first kappa shape index (κ1) is 21.8. The number of sulfonamides is 1. The number of rotatable bonds is 5. The summed E-state index contributed by atoms with van der Waals surface area (Å²) < 4.78 is 27.0. The van der Waals surface area contributed by atoms with Crippen LogP contribution in [0.3, 0.4) is 0 Å². The monoisotopic (exact) mass is 421 g/mol. The maximum absolute atomic E-state index is 13.0. The normalized spacial score (nSPS) is 24.4. The van der Waals surface area contributed by atoms with Gasteiger partial charge in [0.2, 0.25) is 21.8 Å². The summed E-state index contributed by atoms with van der Waals surface area (Å²) in [4.78, 5) is 26.1. The van der Waals surface area contributed by atoms with Crippen LogP contribution in [0.2, 0.25) is 0 Å². The van der Waals surface area contributed by atoms with Gasteiger partial charge in [-0.05, 0) is 68.7 Å². The Labute approximate surface area is 173 Å². The number of benzene rings is 1. The summed E-state index contributed by atoms with van der Waals surface area (Å²) in [6.45, 7) is 5.46. The van der Waals surface area contributed by atoms with Crippen LogP contribution >= 0.6 is 0 Å². The molecule has 1 aromatic rings. The molecule has 29 heavy (non-hydrogen) atoms. The van der Waals surface area contributed by atoms with Gasteiger partial charge in [0.05, 0.1) is 11.4 Å². The Bertz CT molecular complexity index is 891. The van der Waals surface area contributed by atoms with Gasteiger partial charge < -0.3 is 10.2 Å². The van der Waals surface area contributed by atoms with Gasteiger partial charge in [-0.3, -0.25) is 9.59 Å². The highest BCUT2D eigenvalue weighted by Crippen LogP contribution is 2.34. The lowest BCUT2D eigenvalue weighted by molar-refractivity contribution is -0.122. The van der Waals surface area contributed by atoms with Crippen molar-refractivity contribution in [3.8, 4) is 0 Å². The molecule has 0 spiro atoms. The zero-order valence-electron chi connectivity index (χ0n) is 17.6. The van der Waals surface area contributed by atoms with Crippen LogP contribution in [0.5, 0.6) is 0 Å². The van der Waals surface area contributed by atoms with Crippen molar-refractivity contribution < 1.29 is 18.0 Å². The molecule has 1 heterocycles. The van der Waals surface area contributed by atoms with Crippen LogP contribution in [0.25, 0.3) is 0 Å². The number of carbonyl (C=O) groups is 2. The third kappa shape index (κ3) is 4.64. The fourth-order valence-electron chi connectivity index (χ4n) is 4.39. The number of hydrogen-bond donors (Lipinski definition) is 1. The molecule has 2 amide bonds. The molecule has 0 radical (unpaired) electrons. The van der Waals surface area contributed by atoms with Crippen molar-refractivity contribution >= 4 is 27.5 Å². The molecular formula is C21H31N3O4S. The van der Waals surface area contributed by atoms with Gasteiger partial charge in [-0.1, -0.05) is 6.92 Å². The molecule has 1 saturated carbocycles. The van der Waals surface area contributed by atoms with E-state index in [1.54, 1.807) is 17.0 Å². The second-order valence-corrected chi connectivity index (χ2v) is 10.6. The maximum Gasteiger partial charge on any atom is 0.243 e.